The summed E-state index contributed by atoms with van der Waals surface area (Å²) in [6.45, 7) is 6.01. The number of rotatable bonds is 6. The topological polar surface area (TPSA) is 73.2 Å². The molecule has 2 heterocycles. The molecule has 1 aliphatic rings. The summed E-state index contributed by atoms with van der Waals surface area (Å²) in [6.07, 6.45) is 5.15. The van der Waals surface area contributed by atoms with Gasteiger partial charge in [0.25, 0.3) is 0 Å². The summed E-state index contributed by atoms with van der Waals surface area (Å²) >= 11 is 1.39. The second kappa shape index (κ2) is 8.88. The van der Waals surface area contributed by atoms with Crippen LogP contribution >= 0.6 is 11.8 Å². The Morgan fingerprint density at radius 2 is 2.39 bits per heavy atom. The maximum Gasteiger partial charge on any atom is 0.307 e. The van der Waals surface area contributed by atoms with Crippen molar-refractivity contribution in [2.45, 2.75) is 38.5 Å². The van der Waals surface area contributed by atoms with Gasteiger partial charge in [-0.3, -0.25) is 14.3 Å². The second-order valence-corrected chi connectivity index (χ2v) is 6.72. The van der Waals surface area contributed by atoms with Gasteiger partial charge in [0.05, 0.1) is 25.3 Å². The lowest BCUT2D eigenvalue weighted by molar-refractivity contribution is -0.143. The molecule has 0 amide bonds. The lowest BCUT2D eigenvalue weighted by Gasteiger charge is -2.24. The monoisotopic (exact) mass is 337 g/mol. The van der Waals surface area contributed by atoms with E-state index in [2.05, 4.69) is 10.4 Å². The Labute approximate surface area is 140 Å². The molecule has 0 aliphatic carbocycles. The molecule has 0 radical (unpaired) electrons. The lowest BCUT2D eigenvalue weighted by atomic mass is 10.0. The average molecular weight is 337 g/mol. The highest BCUT2D eigenvalue weighted by molar-refractivity contribution is 8.14. The van der Waals surface area contributed by atoms with Gasteiger partial charge in [0.1, 0.15) is 0 Å². The minimum atomic E-state index is -0.211. The normalized spacial score (nSPS) is 19.7. The van der Waals surface area contributed by atoms with Crippen LogP contribution in [0.25, 0.3) is 6.08 Å². The van der Waals surface area contributed by atoms with Crippen molar-refractivity contribution in [1.29, 1.82) is 0 Å². The zero-order chi connectivity index (χ0) is 16.7. The molecule has 1 atom stereocenters. The number of aryl methyl sites for hydroxylation is 1. The predicted octanol–water partition coefficient (Wildman–Crippen LogP) is 1.86. The van der Waals surface area contributed by atoms with Crippen molar-refractivity contribution in [3.63, 3.8) is 0 Å². The van der Waals surface area contributed by atoms with E-state index in [9.17, 15) is 9.59 Å². The smallest absolute Gasteiger partial charge is 0.307 e. The summed E-state index contributed by atoms with van der Waals surface area (Å²) in [6, 6.07) is 1.92. The number of hydrogen-bond acceptors (Lipinski definition) is 6. The molecule has 2 rings (SSSR count). The van der Waals surface area contributed by atoms with Crippen molar-refractivity contribution >= 4 is 28.9 Å². The van der Waals surface area contributed by atoms with Gasteiger partial charge in [-0.15, -0.1) is 0 Å². The summed E-state index contributed by atoms with van der Waals surface area (Å²) in [7, 11) is 0. The van der Waals surface area contributed by atoms with E-state index >= 15 is 0 Å². The molecule has 1 aromatic rings. The van der Waals surface area contributed by atoms with E-state index in [-0.39, 0.29) is 16.3 Å². The van der Waals surface area contributed by atoms with Crippen LogP contribution in [0.2, 0.25) is 0 Å². The van der Waals surface area contributed by atoms with E-state index in [1.54, 1.807) is 18.5 Å². The largest absolute Gasteiger partial charge is 0.466 e. The Morgan fingerprint density at radius 3 is 3.13 bits per heavy atom. The number of nitrogens with one attached hydrogen (secondary N) is 1. The molecule has 1 fully saturated rings. The molecule has 0 saturated carbocycles. The number of aromatic nitrogens is 2. The maximum atomic E-state index is 11.4. The highest BCUT2D eigenvalue weighted by Crippen LogP contribution is 2.26. The molecule has 23 heavy (non-hydrogen) atoms. The number of hydrogen-bond donors (Lipinski definition) is 1. The number of carbonyl (C=O) groups is 2. The van der Waals surface area contributed by atoms with E-state index in [0.29, 0.717) is 19.6 Å². The van der Waals surface area contributed by atoms with Crippen LogP contribution < -0.4 is 5.32 Å². The van der Waals surface area contributed by atoms with Crippen LogP contribution in [0.4, 0.5) is 0 Å². The number of nitrogens with zero attached hydrogens (tertiary/aromatic N) is 2. The van der Waals surface area contributed by atoms with Gasteiger partial charge in [-0.2, -0.15) is 5.10 Å². The third-order valence-electron chi connectivity index (χ3n) is 3.48. The first-order chi connectivity index (χ1) is 11.1. The quantitative estimate of drug-likeness (QED) is 0.799. The van der Waals surface area contributed by atoms with Crippen molar-refractivity contribution in [3.8, 4) is 0 Å². The predicted molar refractivity (Wildman–Crippen MR) is 91.0 cm³/mol. The van der Waals surface area contributed by atoms with Gasteiger partial charge in [-0.05, 0) is 37.6 Å². The Morgan fingerprint density at radius 1 is 1.57 bits per heavy atom. The Bertz CT molecular complexity index is 583. The van der Waals surface area contributed by atoms with Gasteiger partial charge in [0.15, 0.2) is 5.12 Å². The van der Waals surface area contributed by atoms with Gasteiger partial charge in [-0.25, -0.2) is 0 Å². The molecule has 1 aromatic heterocycles. The molecule has 0 unspecified atom stereocenters. The number of esters is 1. The van der Waals surface area contributed by atoms with Gasteiger partial charge in [0.2, 0.25) is 0 Å². The molecule has 0 aromatic carbocycles. The molecule has 1 saturated heterocycles. The van der Waals surface area contributed by atoms with Crippen molar-refractivity contribution in [2.75, 3.05) is 19.7 Å². The minimum Gasteiger partial charge on any atom is -0.466 e. The zero-order valence-corrected chi connectivity index (χ0v) is 14.4. The van der Waals surface area contributed by atoms with Gasteiger partial charge in [0, 0.05) is 24.9 Å². The van der Waals surface area contributed by atoms with Crippen LogP contribution in [0.15, 0.2) is 17.8 Å². The van der Waals surface area contributed by atoms with E-state index < -0.39 is 0 Å². The minimum absolute atomic E-state index is 0.141. The number of piperidine rings is 1. The first-order valence-electron chi connectivity index (χ1n) is 7.86. The van der Waals surface area contributed by atoms with Crippen LogP contribution in [-0.2, 0) is 20.9 Å². The van der Waals surface area contributed by atoms with Gasteiger partial charge in [-0.1, -0.05) is 11.8 Å². The van der Waals surface area contributed by atoms with Gasteiger partial charge >= 0.3 is 5.97 Å². The first-order valence-corrected chi connectivity index (χ1v) is 8.74. The van der Waals surface area contributed by atoms with Crippen LogP contribution in [0.1, 0.15) is 32.4 Å². The van der Waals surface area contributed by atoms with Crippen molar-refractivity contribution in [3.05, 3.63) is 23.5 Å². The summed E-state index contributed by atoms with van der Waals surface area (Å²) in [5.74, 6) is -0.211. The SMILES string of the molecule is CCOC(=O)CCn1ccc(/C=C2/CNCC[C@@H]2SC(C)=O)n1. The van der Waals surface area contributed by atoms with Crippen LogP contribution in [-0.4, -0.2) is 45.8 Å². The van der Waals surface area contributed by atoms with Crippen molar-refractivity contribution in [1.82, 2.24) is 15.1 Å². The first kappa shape index (κ1) is 17.7. The Kier molecular flexibility index (Phi) is 6.85. The highest BCUT2D eigenvalue weighted by atomic mass is 32.2. The molecule has 6 nitrogen and oxygen atoms in total. The average Bonchev–Trinajstić information content (AvgIpc) is 2.95. The van der Waals surface area contributed by atoms with Gasteiger partial charge < -0.3 is 10.1 Å². The van der Waals surface area contributed by atoms with E-state index in [1.807, 2.05) is 18.3 Å². The molecular formula is C16H23N3O3S. The standard InChI is InChI=1S/C16H23N3O3S/c1-3-22-16(21)6-9-19-8-5-14(18-19)10-13-11-17-7-4-15(13)23-12(2)20/h5,8,10,15,17H,3-4,6-7,9,11H2,1-2H3/b13-10-/t15-/m0/s1. The summed E-state index contributed by atoms with van der Waals surface area (Å²) < 4.78 is 6.65. The molecule has 1 N–H and O–H groups in total. The summed E-state index contributed by atoms with van der Waals surface area (Å²) in [5, 5.41) is 8.15. The number of thioether (sulfide) groups is 1. The molecule has 126 valence electrons. The zero-order valence-electron chi connectivity index (χ0n) is 13.6. The van der Waals surface area contributed by atoms with E-state index in [4.69, 9.17) is 4.74 Å². The third-order valence-corrected chi connectivity index (χ3v) is 4.63. The Hall–Kier alpha value is -1.60. The summed E-state index contributed by atoms with van der Waals surface area (Å²) in [4.78, 5) is 22.7. The Balaban J connectivity index is 1.98. The van der Waals surface area contributed by atoms with Crippen molar-refractivity contribution in [2.24, 2.45) is 0 Å². The molecule has 0 spiro atoms. The molecule has 1 aliphatic heterocycles. The van der Waals surface area contributed by atoms with Crippen LogP contribution in [0.3, 0.4) is 0 Å². The van der Waals surface area contributed by atoms with Crippen LogP contribution in [0.5, 0.6) is 0 Å². The highest BCUT2D eigenvalue weighted by Gasteiger charge is 2.21. The fourth-order valence-electron chi connectivity index (χ4n) is 2.45. The van der Waals surface area contributed by atoms with Crippen molar-refractivity contribution < 1.29 is 14.3 Å². The number of ether oxygens (including phenoxy) is 1. The molecule has 0 bridgehead atoms. The molecule has 7 heteroatoms. The van der Waals surface area contributed by atoms with Crippen LogP contribution in [0, 0.1) is 0 Å². The summed E-state index contributed by atoms with van der Waals surface area (Å²) in [5.41, 5.74) is 2.04. The molecular weight excluding hydrogens is 314 g/mol. The number of carbonyl (C=O) groups excluding carboxylic acids is 2. The van der Waals surface area contributed by atoms with E-state index in [1.165, 1.54) is 17.3 Å². The fraction of sp³-hybridized carbons (Fsp3) is 0.562. The third kappa shape index (κ3) is 5.84. The van der Waals surface area contributed by atoms with E-state index in [0.717, 1.165) is 25.2 Å². The fourth-order valence-corrected chi connectivity index (χ4v) is 3.39. The second-order valence-electron chi connectivity index (χ2n) is 5.34. The maximum absolute atomic E-state index is 11.4. The lowest BCUT2D eigenvalue weighted by Crippen LogP contribution is -2.32.